The highest BCUT2D eigenvalue weighted by molar-refractivity contribution is 6.13. The van der Waals surface area contributed by atoms with Gasteiger partial charge in [-0.05, 0) is 23.9 Å². The molecule has 0 aliphatic carbocycles. The molecule has 0 aromatic carbocycles. The maximum Gasteiger partial charge on any atom is 0.0969 e. The molecule has 0 bridgehead atoms. The summed E-state index contributed by atoms with van der Waals surface area (Å²) >= 11 is 5.57. The predicted octanol–water partition coefficient (Wildman–Crippen LogP) is 0.253. The number of nitrogens with zero attached hydrogens (tertiary/aromatic N) is 2. The number of hydrogen-bond acceptors (Lipinski definition) is 1. The van der Waals surface area contributed by atoms with E-state index in [1.54, 1.807) is 16.6 Å². The maximum absolute atomic E-state index is 5.57. The third kappa shape index (κ3) is 17.8. The zero-order chi connectivity index (χ0) is 13.7. The molecule has 0 radical (unpaired) electrons. The molecule has 106 valence electrons. The summed E-state index contributed by atoms with van der Waals surface area (Å²) in [4.78, 5) is 0. The van der Waals surface area contributed by atoms with Gasteiger partial charge in [0.2, 0.25) is 0 Å². The summed E-state index contributed by atoms with van der Waals surface area (Å²) in [6, 6.07) is 0. The number of quaternary nitrogens is 1. The van der Waals surface area contributed by atoms with Gasteiger partial charge in [0.25, 0.3) is 0 Å². The smallest absolute Gasteiger partial charge is 0.0969 e. The number of halogens is 2. The normalized spacial score (nSPS) is 9.56. The van der Waals surface area contributed by atoms with Crippen molar-refractivity contribution in [2.45, 2.75) is 0 Å². The fourth-order valence-corrected chi connectivity index (χ4v) is 1.32. The van der Waals surface area contributed by atoms with E-state index < -0.39 is 0 Å². The number of hydrogen-bond donors (Lipinski definition) is 0. The van der Waals surface area contributed by atoms with Crippen molar-refractivity contribution in [1.82, 2.24) is 4.42 Å². The van der Waals surface area contributed by atoms with Crippen LogP contribution in [0.3, 0.4) is 0 Å². The second kappa shape index (κ2) is 14.5. The molecule has 0 rings (SSSR count). The zero-order valence-corrected chi connectivity index (χ0v) is 13.1. The third-order valence-electron chi connectivity index (χ3n) is 1.90. The first-order valence-corrected chi connectivity index (χ1v) is 5.93. The lowest BCUT2D eigenvalue weighted by Crippen LogP contribution is -3.00. The molecule has 4 heteroatoms. The van der Waals surface area contributed by atoms with Crippen LogP contribution in [-0.4, -0.2) is 49.2 Å². The Labute approximate surface area is 124 Å². The predicted molar refractivity (Wildman–Crippen MR) is 80.1 cm³/mol. The fourth-order valence-electron chi connectivity index (χ4n) is 1.13. The van der Waals surface area contributed by atoms with Crippen LogP contribution < -0.4 is 12.4 Å². The standard InChI is InChI=1S/C8H16N.C6H10ClN.ClH/c1-5-7-9(3,4)8-6-2;1-3-5-8(7)6-4-2;/h5-6H,1-2,7-8H2,3-4H3;3-4H,1-2,5-6H2;1H/q+1;;/p-1. The molecule has 0 aromatic heterocycles. The molecule has 0 atom stereocenters. The Kier molecular flexibility index (Phi) is 18.3. The Balaban J connectivity index is -0.000000238. The van der Waals surface area contributed by atoms with E-state index in [0.717, 1.165) is 17.6 Å². The lowest BCUT2D eigenvalue weighted by Gasteiger charge is -2.26. The van der Waals surface area contributed by atoms with Gasteiger partial charge in [-0.3, -0.25) is 0 Å². The van der Waals surface area contributed by atoms with Crippen LogP contribution in [0.5, 0.6) is 0 Å². The second-order valence-corrected chi connectivity index (χ2v) is 4.76. The molecule has 0 saturated heterocycles. The maximum atomic E-state index is 5.57. The average molecular weight is 293 g/mol. The first-order valence-electron chi connectivity index (χ1n) is 5.59. The van der Waals surface area contributed by atoms with Crippen molar-refractivity contribution in [3.05, 3.63) is 50.6 Å². The quantitative estimate of drug-likeness (QED) is 0.352. The molecule has 0 amide bonds. The molecule has 2 nitrogen and oxygen atoms in total. The van der Waals surface area contributed by atoms with Gasteiger partial charge >= 0.3 is 0 Å². The monoisotopic (exact) mass is 292 g/mol. The Morgan fingerprint density at radius 3 is 1.44 bits per heavy atom. The molecular formula is C14H26Cl2N2. The molecule has 18 heavy (non-hydrogen) atoms. The molecule has 0 N–H and O–H groups in total. The van der Waals surface area contributed by atoms with E-state index in [2.05, 4.69) is 40.4 Å². The van der Waals surface area contributed by atoms with Gasteiger partial charge in [0, 0.05) is 13.1 Å². The van der Waals surface area contributed by atoms with E-state index in [1.165, 1.54) is 0 Å². The van der Waals surface area contributed by atoms with Crippen molar-refractivity contribution in [1.29, 1.82) is 0 Å². The minimum atomic E-state index is 0. The van der Waals surface area contributed by atoms with Crippen LogP contribution in [-0.2, 0) is 0 Å². The van der Waals surface area contributed by atoms with E-state index >= 15 is 0 Å². The summed E-state index contributed by atoms with van der Waals surface area (Å²) in [5.74, 6) is 0. The van der Waals surface area contributed by atoms with Gasteiger partial charge < -0.3 is 16.9 Å². The first-order chi connectivity index (χ1) is 7.93. The van der Waals surface area contributed by atoms with Crippen LogP contribution in [0.2, 0.25) is 0 Å². The molecule has 0 unspecified atom stereocenters. The molecule has 0 aromatic rings. The summed E-state index contributed by atoms with van der Waals surface area (Å²) in [6.45, 7) is 17.8. The van der Waals surface area contributed by atoms with Crippen LogP contribution in [0.1, 0.15) is 0 Å². The van der Waals surface area contributed by atoms with E-state index in [4.69, 9.17) is 11.8 Å². The highest BCUT2D eigenvalue weighted by Gasteiger charge is 2.07. The molecule has 0 aliphatic rings. The summed E-state index contributed by atoms with van der Waals surface area (Å²) in [6.07, 6.45) is 7.36. The lowest BCUT2D eigenvalue weighted by molar-refractivity contribution is -0.878. The SMILES string of the molecule is C=CCN(Cl)CC=C.C=CC[N+](C)(C)CC=C.[Cl-]. The van der Waals surface area contributed by atoms with E-state index in [9.17, 15) is 0 Å². The van der Waals surface area contributed by atoms with Crippen molar-refractivity contribution in [3.8, 4) is 0 Å². The van der Waals surface area contributed by atoms with Gasteiger partial charge in [-0.2, -0.15) is 0 Å². The summed E-state index contributed by atoms with van der Waals surface area (Å²) in [5, 5.41) is 0. The highest BCUT2D eigenvalue weighted by Crippen LogP contribution is 1.95. The number of likely N-dealkylation sites (N-methyl/N-ethyl adjacent to an activating group) is 1. The van der Waals surface area contributed by atoms with Crippen LogP contribution in [0, 0.1) is 0 Å². The zero-order valence-electron chi connectivity index (χ0n) is 11.6. The van der Waals surface area contributed by atoms with Crippen molar-refractivity contribution < 1.29 is 16.9 Å². The summed E-state index contributed by atoms with van der Waals surface area (Å²) in [7, 11) is 4.31. The van der Waals surface area contributed by atoms with Crippen molar-refractivity contribution >= 4 is 11.8 Å². The highest BCUT2D eigenvalue weighted by atomic mass is 35.5. The van der Waals surface area contributed by atoms with Crippen molar-refractivity contribution in [2.75, 3.05) is 40.3 Å². The molecular weight excluding hydrogens is 267 g/mol. The largest absolute Gasteiger partial charge is 1.00 e. The summed E-state index contributed by atoms with van der Waals surface area (Å²) in [5.41, 5.74) is 0. The number of rotatable bonds is 8. The van der Waals surface area contributed by atoms with E-state index in [1.807, 2.05) is 12.2 Å². The van der Waals surface area contributed by atoms with Gasteiger partial charge in [0.15, 0.2) is 0 Å². The molecule has 0 heterocycles. The van der Waals surface area contributed by atoms with Crippen molar-refractivity contribution in [3.63, 3.8) is 0 Å². The minimum Gasteiger partial charge on any atom is -1.00 e. The van der Waals surface area contributed by atoms with Crippen LogP contribution in [0.25, 0.3) is 0 Å². The first kappa shape index (κ1) is 22.6. The molecule has 0 fully saturated rings. The lowest BCUT2D eigenvalue weighted by atomic mass is 10.4. The minimum absolute atomic E-state index is 0. The van der Waals surface area contributed by atoms with E-state index in [0.29, 0.717) is 13.1 Å². The molecule has 0 spiro atoms. The second-order valence-electron chi connectivity index (χ2n) is 4.28. The molecule has 0 saturated carbocycles. The van der Waals surface area contributed by atoms with Gasteiger partial charge in [-0.1, -0.05) is 25.3 Å². The van der Waals surface area contributed by atoms with Gasteiger partial charge in [0.1, 0.15) is 0 Å². The Morgan fingerprint density at radius 2 is 1.22 bits per heavy atom. The van der Waals surface area contributed by atoms with Crippen molar-refractivity contribution in [2.24, 2.45) is 0 Å². The molecule has 0 aliphatic heterocycles. The van der Waals surface area contributed by atoms with Crippen LogP contribution in [0.4, 0.5) is 0 Å². The van der Waals surface area contributed by atoms with Gasteiger partial charge in [-0.25, -0.2) is 4.42 Å². The summed E-state index contributed by atoms with van der Waals surface area (Å²) < 4.78 is 2.55. The topological polar surface area (TPSA) is 3.24 Å². The van der Waals surface area contributed by atoms with Crippen LogP contribution >= 0.6 is 11.8 Å². The Bertz CT molecular complexity index is 216. The van der Waals surface area contributed by atoms with Crippen LogP contribution in [0.15, 0.2) is 50.6 Å². The third-order valence-corrected chi connectivity index (χ3v) is 2.18. The van der Waals surface area contributed by atoms with E-state index in [-0.39, 0.29) is 12.4 Å². The van der Waals surface area contributed by atoms with Gasteiger partial charge in [-0.15, -0.1) is 13.2 Å². The average Bonchev–Trinajstić information content (AvgIpc) is 2.18. The Hall–Kier alpha value is -0.540. The Morgan fingerprint density at radius 1 is 0.889 bits per heavy atom. The van der Waals surface area contributed by atoms with Gasteiger partial charge in [0.05, 0.1) is 27.2 Å². The fraction of sp³-hybridized carbons (Fsp3) is 0.429.